The topological polar surface area (TPSA) is 32.3 Å². The zero-order valence-electron chi connectivity index (χ0n) is 14.6. The first kappa shape index (κ1) is 27.5. The maximum Gasteiger partial charge on any atom is 0.460 e. The lowest BCUT2D eigenvalue weighted by Gasteiger charge is -2.40. The molecule has 1 N–H and O–H groups in total. The normalized spacial score (nSPS) is 14.9. The fourth-order valence-corrected chi connectivity index (χ4v) is 1.79. The molecular weight excluding hydrogens is 447 g/mol. The number of unbranched alkanes of at least 4 members (excludes halogenated alkanes) is 1. The number of alkyl halides is 13. The predicted molar refractivity (Wildman–Crippen MR) is 71.1 cm³/mol. The lowest BCUT2D eigenvalue weighted by Crippen LogP contribution is -2.72. The van der Waals surface area contributed by atoms with Gasteiger partial charge >= 0.3 is 41.7 Å². The van der Waals surface area contributed by atoms with Gasteiger partial charge in [0, 0.05) is 13.1 Å². The van der Waals surface area contributed by atoms with E-state index >= 15 is 0 Å². The van der Waals surface area contributed by atoms with Crippen LogP contribution in [-0.4, -0.2) is 59.8 Å². The number of nitrogens with one attached hydrogen (secondary N) is 1. The fourth-order valence-electron chi connectivity index (χ4n) is 1.79. The Morgan fingerprint density at radius 2 is 1.14 bits per heavy atom. The number of hydrogen-bond donors (Lipinski definition) is 1. The minimum atomic E-state index is -8.03. The van der Waals surface area contributed by atoms with Crippen molar-refractivity contribution >= 4 is 5.91 Å². The van der Waals surface area contributed by atoms with E-state index in [1.54, 1.807) is 12.3 Å². The van der Waals surface area contributed by atoms with Gasteiger partial charge < -0.3 is 0 Å². The largest absolute Gasteiger partial charge is 0.460 e. The van der Waals surface area contributed by atoms with Crippen LogP contribution in [0.4, 0.5) is 57.1 Å². The number of carbonyl (C=O) groups is 1. The second-order valence-corrected chi connectivity index (χ2v) is 5.68. The van der Waals surface area contributed by atoms with E-state index in [9.17, 15) is 61.9 Å². The molecule has 0 aromatic heterocycles. The van der Waals surface area contributed by atoms with Crippen molar-refractivity contribution in [2.75, 3.05) is 13.1 Å². The number of halogens is 13. The summed E-state index contributed by atoms with van der Waals surface area (Å²) in [4.78, 5) is 11.5. The molecular formula is C13H15F13N2O. The van der Waals surface area contributed by atoms with Crippen LogP contribution in [0.1, 0.15) is 26.7 Å². The van der Waals surface area contributed by atoms with E-state index in [1.165, 1.54) is 0 Å². The van der Waals surface area contributed by atoms with Crippen molar-refractivity contribution in [3.63, 3.8) is 0 Å². The van der Waals surface area contributed by atoms with Gasteiger partial charge in [-0.2, -0.15) is 57.1 Å². The molecule has 0 rings (SSSR count). The number of hydrazine groups is 1. The van der Waals surface area contributed by atoms with Crippen LogP contribution < -0.4 is 5.43 Å². The third-order valence-electron chi connectivity index (χ3n) is 3.60. The van der Waals surface area contributed by atoms with Crippen molar-refractivity contribution < 1.29 is 61.9 Å². The maximum atomic E-state index is 13.7. The van der Waals surface area contributed by atoms with Crippen LogP contribution >= 0.6 is 0 Å². The summed E-state index contributed by atoms with van der Waals surface area (Å²) in [5.41, 5.74) is 1.80. The van der Waals surface area contributed by atoms with Crippen molar-refractivity contribution in [2.45, 2.75) is 62.5 Å². The molecule has 0 atom stereocenters. The van der Waals surface area contributed by atoms with Crippen molar-refractivity contribution in [2.24, 2.45) is 0 Å². The van der Waals surface area contributed by atoms with E-state index < -0.39 is 48.2 Å². The first-order valence-electron chi connectivity index (χ1n) is 7.69. The highest BCUT2D eigenvalue weighted by Crippen LogP contribution is 2.60. The van der Waals surface area contributed by atoms with Gasteiger partial charge in [0.2, 0.25) is 0 Å². The van der Waals surface area contributed by atoms with Gasteiger partial charge in [0.15, 0.2) is 0 Å². The maximum absolute atomic E-state index is 13.7. The van der Waals surface area contributed by atoms with Gasteiger partial charge in [-0.15, -0.1) is 0 Å². The Bertz CT molecular complexity index is 574. The molecule has 0 saturated carbocycles. The third kappa shape index (κ3) is 4.35. The number of nitrogens with zero attached hydrogens (tertiary/aromatic N) is 1. The Morgan fingerprint density at radius 1 is 0.724 bits per heavy atom. The van der Waals surface area contributed by atoms with Gasteiger partial charge in [-0.05, 0) is 13.3 Å². The van der Waals surface area contributed by atoms with Crippen LogP contribution in [0.25, 0.3) is 0 Å². The second-order valence-electron chi connectivity index (χ2n) is 5.68. The van der Waals surface area contributed by atoms with E-state index in [-0.39, 0.29) is 18.0 Å². The Kier molecular flexibility index (Phi) is 7.91. The summed E-state index contributed by atoms with van der Waals surface area (Å²) < 4.78 is 169. The second kappa shape index (κ2) is 8.34. The summed E-state index contributed by atoms with van der Waals surface area (Å²) >= 11 is 0. The minimum Gasteiger partial charge on any atom is -0.273 e. The monoisotopic (exact) mass is 462 g/mol. The quantitative estimate of drug-likeness (QED) is 0.285. The number of hydrogen-bond acceptors (Lipinski definition) is 2. The van der Waals surface area contributed by atoms with Crippen molar-refractivity contribution in [1.29, 1.82) is 0 Å². The number of amides is 1. The molecule has 0 aromatic carbocycles. The molecule has 29 heavy (non-hydrogen) atoms. The molecule has 0 aliphatic heterocycles. The average Bonchev–Trinajstić information content (AvgIpc) is 2.56. The summed E-state index contributed by atoms with van der Waals surface area (Å²) in [6.07, 6.45) is -6.97. The average molecular weight is 462 g/mol. The van der Waals surface area contributed by atoms with E-state index in [0.717, 1.165) is 6.92 Å². The van der Waals surface area contributed by atoms with Crippen LogP contribution in [0.5, 0.6) is 0 Å². The smallest absolute Gasteiger partial charge is 0.273 e. The highest BCUT2D eigenvalue weighted by Gasteiger charge is 2.91. The Hall–Kier alpha value is -1.48. The van der Waals surface area contributed by atoms with Crippen LogP contribution in [0.3, 0.4) is 0 Å². The van der Waals surface area contributed by atoms with Gasteiger partial charge in [-0.25, -0.2) is 5.43 Å². The third-order valence-corrected chi connectivity index (χ3v) is 3.60. The SMILES string of the molecule is CCCCNN(CC)C(=O)C(F)(F)C(F)(F)C(F)(F)C(F)(F)C(F)(F)C(F)(F)F. The molecule has 0 radical (unpaired) electrons. The molecule has 0 heterocycles. The molecule has 0 aliphatic rings. The molecule has 0 aliphatic carbocycles. The fraction of sp³-hybridized carbons (Fsp3) is 0.923. The van der Waals surface area contributed by atoms with Crippen molar-refractivity contribution in [3.8, 4) is 0 Å². The lowest BCUT2D eigenvalue weighted by molar-refractivity contribution is -0.436. The lowest BCUT2D eigenvalue weighted by atomic mass is 9.93. The molecule has 0 unspecified atom stereocenters. The van der Waals surface area contributed by atoms with Crippen molar-refractivity contribution in [3.05, 3.63) is 0 Å². The standard InChI is InChI=1S/C13H15F13N2O/c1-3-5-6-27-28(4-2)7(29)8(14,15)9(16,17)10(18,19)11(20,21)12(22,23)13(24,25)26/h27H,3-6H2,1-2H3. The first-order chi connectivity index (χ1) is 12.7. The minimum absolute atomic E-state index is 0.151. The van der Waals surface area contributed by atoms with Crippen LogP contribution in [0.15, 0.2) is 0 Å². The number of carbonyl (C=O) groups excluding carboxylic acids is 1. The summed E-state index contributed by atoms with van der Waals surface area (Å²) in [6.45, 7) is 1.20. The molecule has 3 nitrogen and oxygen atoms in total. The van der Waals surface area contributed by atoms with E-state index in [1.807, 2.05) is 0 Å². The summed E-state index contributed by atoms with van der Waals surface area (Å²) in [5, 5.41) is -0.375. The zero-order chi connectivity index (χ0) is 23.7. The van der Waals surface area contributed by atoms with Crippen LogP contribution in [-0.2, 0) is 4.79 Å². The Balaban J connectivity index is 6.18. The van der Waals surface area contributed by atoms with Crippen LogP contribution in [0, 0.1) is 0 Å². The summed E-state index contributed by atoms with van der Waals surface area (Å²) in [5.74, 6) is -41.5. The highest BCUT2D eigenvalue weighted by atomic mass is 19.4. The zero-order valence-corrected chi connectivity index (χ0v) is 14.6. The summed E-state index contributed by atoms with van der Waals surface area (Å²) in [7, 11) is 0. The molecule has 0 spiro atoms. The molecule has 0 fully saturated rings. The Morgan fingerprint density at radius 3 is 1.48 bits per heavy atom. The molecule has 16 heteroatoms. The molecule has 0 bridgehead atoms. The molecule has 0 aromatic rings. The van der Waals surface area contributed by atoms with Gasteiger partial charge in [-0.1, -0.05) is 13.3 Å². The molecule has 1 amide bonds. The van der Waals surface area contributed by atoms with E-state index in [2.05, 4.69) is 0 Å². The highest BCUT2D eigenvalue weighted by molar-refractivity contribution is 5.84. The first-order valence-corrected chi connectivity index (χ1v) is 7.69. The van der Waals surface area contributed by atoms with Gasteiger partial charge in [0.1, 0.15) is 0 Å². The van der Waals surface area contributed by atoms with E-state index in [0.29, 0.717) is 6.42 Å². The molecule has 0 saturated heterocycles. The Labute approximate surface area is 155 Å². The van der Waals surface area contributed by atoms with Gasteiger partial charge in [0.25, 0.3) is 0 Å². The molecule has 174 valence electrons. The van der Waals surface area contributed by atoms with E-state index in [4.69, 9.17) is 0 Å². The van der Waals surface area contributed by atoms with Gasteiger partial charge in [0.05, 0.1) is 0 Å². The summed E-state index contributed by atoms with van der Waals surface area (Å²) in [6, 6.07) is 0. The van der Waals surface area contributed by atoms with Crippen molar-refractivity contribution in [1.82, 2.24) is 10.4 Å². The van der Waals surface area contributed by atoms with Crippen LogP contribution in [0.2, 0.25) is 0 Å². The predicted octanol–water partition coefficient (Wildman–Crippen LogP) is 4.88. The number of rotatable bonds is 10. The van der Waals surface area contributed by atoms with Gasteiger partial charge in [-0.3, -0.25) is 9.80 Å².